The maximum Gasteiger partial charge on any atom is 0.326 e. The Bertz CT molecular complexity index is 973. The van der Waals surface area contributed by atoms with Gasteiger partial charge in [-0.05, 0) is 30.4 Å². The number of amides is 3. The molecule has 3 amide bonds. The maximum atomic E-state index is 12.8. The normalized spacial score (nSPS) is 14.8. The highest BCUT2D eigenvalue weighted by atomic mass is 16.4. The Kier molecular flexibility index (Phi) is 8.77. The predicted octanol–water partition coefficient (Wildman–Crippen LogP) is 0.404. The van der Waals surface area contributed by atoms with Gasteiger partial charge in [0.1, 0.15) is 12.1 Å². The number of aliphatic carboxylic acids is 1. The molecule has 1 aromatic heterocycles. The Hall–Kier alpha value is -3.40. The molecular weight excluding hydrogens is 414 g/mol. The minimum Gasteiger partial charge on any atom is -0.480 e. The molecule has 174 valence electrons. The largest absolute Gasteiger partial charge is 0.480 e. The molecule has 0 saturated carbocycles. The molecular formula is C22H31N5O5. The van der Waals surface area contributed by atoms with Gasteiger partial charge in [0.15, 0.2) is 0 Å². The number of carboxylic acids is 1. The topological polar surface area (TPSA) is 180 Å². The summed E-state index contributed by atoms with van der Waals surface area (Å²) in [5.74, 6) is -3.43. The molecule has 10 heteroatoms. The number of para-hydroxylation sites is 1. The first-order valence-corrected chi connectivity index (χ1v) is 10.6. The van der Waals surface area contributed by atoms with Gasteiger partial charge in [0.05, 0.1) is 6.04 Å². The van der Waals surface area contributed by atoms with Crippen molar-refractivity contribution >= 4 is 34.6 Å². The minimum absolute atomic E-state index is 0.0699. The van der Waals surface area contributed by atoms with Gasteiger partial charge in [-0.15, -0.1) is 0 Å². The van der Waals surface area contributed by atoms with Crippen LogP contribution in [0.2, 0.25) is 0 Å². The third-order valence-electron chi connectivity index (χ3n) is 5.54. The van der Waals surface area contributed by atoms with Gasteiger partial charge in [0.2, 0.25) is 17.7 Å². The molecule has 0 fully saturated rings. The van der Waals surface area contributed by atoms with Gasteiger partial charge < -0.3 is 32.2 Å². The number of carbonyl (C=O) groups excluding carboxylic acids is 3. The van der Waals surface area contributed by atoms with E-state index in [2.05, 4.69) is 15.6 Å². The Labute approximate surface area is 186 Å². The van der Waals surface area contributed by atoms with Crippen LogP contribution in [0.1, 0.15) is 38.7 Å². The second-order valence-electron chi connectivity index (χ2n) is 7.95. The number of rotatable bonds is 12. The summed E-state index contributed by atoms with van der Waals surface area (Å²) in [6.07, 6.45) is 2.31. The number of aromatic nitrogens is 1. The lowest BCUT2D eigenvalue weighted by atomic mass is 9.98. The van der Waals surface area contributed by atoms with E-state index >= 15 is 0 Å². The molecule has 10 nitrogen and oxygen atoms in total. The predicted molar refractivity (Wildman–Crippen MR) is 119 cm³/mol. The van der Waals surface area contributed by atoms with E-state index in [1.165, 1.54) is 0 Å². The minimum atomic E-state index is -1.18. The van der Waals surface area contributed by atoms with Gasteiger partial charge in [-0.3, -0.25) is 14.4 Å². The van der Waals surface area contributed by atoms with Crippen LogP contribution in [0.4, 0.5) is 0 Å². The van der Waals surface area contributed by atoms with Crippen LogP contribution < -0.4 is 22.1 Å². The van der Waals surface area contributed by atoms with Crippen molar-refractivity contribution in [3.05, 3.63) is 36.0 Å². The van der Waals surface area contributed by atoms with Crippen molar-refractivity contribution in [2.24, 2.45) is 17.4 Å². The summed E-state index contributed by atoms with van der Waals surface area (Å²) in [7, 11) is 0. The Morgan fingerprint density at radius 2 is 1.81 bits per heavy atom. The summed E-state index contributed by atoms with van der Waals surface area (Å²) in [4.78, 5) is 51.3. The third kappa shape index (κ3) is 6.55. The quantitative estimate of drug-likeness (QED) is 0.275. The zero-order chi connectivity index (χ0) is 23.8. The van der Waals surface area contributed by atoms with Gasteiger partial charge in [-0.25, -0.2) is 4.79 Å². The smallest absolute Gasteiger partial charge is 0.326 e. The molecule has 0 bridgehead atoms. The van der Waals surface area contributed by atoms with Gasteiger partial charge in [0.25, 0.3) is 0 Å². The van der Waals surface area contributed by atoms with E-state index in [0.29, 0.717) is 6.42 Å². The van der Waals surface area contributed by atoms with Crippen LogP contribution >= 0.6 is 0 Å². The molecule has 2 rings (SSSR count). The van der Waals surface area contributed by atoms with Crippen LogP contribution in [-0.2, 0) is 25.6 Å². The molecule has 32 heavy (non-hydrogen) atoms. The van der Waals surface area contributed by atoms with E-state index in [0.717, 1.165) is 16.5 Å². The third-order valence-corrected chi connectivity index (χ3v) is 5.54. The summed E-state index contributed by atoms with van der Waals surface area (Å²) in [5.41, 5.74) is 13.0. The van der Waals surface area contributed by atoms with Gasteiger partial charge in [0, 0.05) is 23.5 Å². The van der Waals surface area contributed by atoms with Crippen LogP contribution in [0.15, 0.2) is 30.5 Å². The van der Waals surface area contributed by atoms with Crippen molar-refractivity contribution in [3.8, 4) is 0 Å². The molecule has 0 spiro atoms. The number of primary amides is 1. The summed E-state index contributed by atoms with van der Waals surface area (Å²) < 4.78 is 0. The van der Waals surface area contributed by atoms with Crippen molar-refractivity contribution in [2.45, 2.75) is 57.7 Å². The molecule has 1 aromatic carbocycles. The molecule has 1 heterocycles. The summed E-state index contributed by atoms with van der Waals surface area (Å²) >= 11 is 0. The van der Waals surface area contributed by atoms with Crippen LogP contribution in [0.25, 0.3) is 10.9 Å². The van der Waals surface area contributed by atoms with E-state index in [9.17, 15) is 24.3 Å². The molecule has 0 saturated heterocycles. The zero-order valence-electron chi connectivity index (χ0n) is 18.3. The number of nitrogens with two attached hydrogens (primary N) is 2. The average Bonchev–Trinajstić information content (AvgIpc) is 3.16. The monoisotopic (exact) mass is 445 g/mol. The Balaban J connectivity index is 2.10. The highest BCUT2D eigenvalue weighted by Crippen LogP contribution is 2.19. The zero-order valence-corrected chi connectivity index (χ0v) is 18.3. The molecule has 0 radical (unpaired) electrons. The lowest BCUT2D eigenvalue weighted by Gasteiger charge is -2.25. The number of carboxylic acid groups (broad SMARTS) is 1. The molecule has 0 aliphatic heterocycles. The number of aromatic amines is 1. The number of hydrogen-bond acceptors (Lipinski definition) is 5. The molecule has 8 N–H and O–H groups in total. The fourth-order valence-corrected chi connectivity index (χ4v) is 3.40. The van der Waals surface area contributed by atoms with Crippen molar-refractivity contribution in [1.29, 1.82) is 0 Å². The molecule has 0 aliphatic rings. The van der Waals surface area contributed by atoms with E-state index in [-0.39, 0.29) is 25.2 Å². The van der Waals surface area contributed by atoms with Crippen LogP contribution in [-0.4, -0.2) is 51.9 Å². The summed E-state index contributed by atoms with van der Waals surface area (Å²) in [6, 6.07) is 4.37. The van der Waals surface area contributed by atoms with E-state index in [4.69, 9.17) is 11.5 Å². The lowest BCUT2D eigenvalue weighted by molar-refractivity contribution is -0.144. The Morgan fingerprint density at radius 3 is 2.44 bits per heavy atom. The standard InChI is InChI=1S/C22H31N5O5/c1-3-12(2)19(22(31)32)27-21(30)17(8-9-18(24)28)26-20(29)15(23)10-13-11-25-16-7-5-4-6-14(13)16/h4-7,11-12,15,17,19,25H,3,8-10,23H2,1-2H3,(H2,24,28)(H,26,29)(H,27,30)(H,31,32)/t12-,15-,17-,19-/m0/s1. The highest BCUT2D eigenvalue weighted by Gasteiger charge is 2.30. The first-order valence-electron chi connectivity index (χ1n) is 10.6. The number of nitrogens with one attached hydrogen (secondary N) is 3. The van der Waals surface area contributed by atoms with Crippen molar-refractivity contribution in [2.75, 3.05) is 0 Å². The van der Waals surface area contributed by atoms with Crippen LogP contribution in [0.3, 0.4) is 0 Å². The van der Waals surface area contributed by atoms with Crippen molar-refractivity contribution < 1.29 is 24.3 Å². The molecule has 2 aromatic rings. The summed E-state index contributed by atoms with van der Waals surface area (Å²) in [5, 5.41) is 15.4. The Morgan fingerprint density at radius 1 is 1.12 bits per heavy atom. The van der Waals surface area contributed by atoms with Gasteiger partial charge in [-0.1, -0.05) is 38.5 Å². The fraction of sp³-hybridized carbons (Fsp3) is 0.455. The first-order chi connectivity index (χ1) is 15.1. The average molecular weight is 446 g/mol. The van der Waals surface area contributed by atoms with E-state index in [1.54, 1.807) is 13.1 Å². The number of carbonyl (C=O) groups is 4. The maximum absolute atomic E-state index is 12.8. The van der Waals surface area contributed by atoms with Crippen LogP contribution in [0, 0.1) is 5.92 Å². The number of H-pyrrole nitrogens is 1. The van der Waals surface area contributed by atoms with Crippen molar-refractivity contribution in [3.63, 3.8) is 0 Å². The number of hydrogen-bond donors (Lipinski definition) is 6. The molecule has 0 unspecified atom stereocenters. The van der Waals surface area contributed by atoms with Gasteiger partial charge >= 0.3 is 5.97 Å². The van der Waals surface area contributed by atoms with Gasteiger partial charge in [-0.2, -0.15) is 0 Å². The summed E-state index contributed by atoms with van der Waals surface area (Å²) in [6.45, 7) is 3.51. The molecule has 0 aliphatic carbocycles. The fourth-order valence-electron chi connectivity index (χ4n) is 3.40. The van der Waals surface area contributed by atoms with Crippen LogP contribution in [0.5, 0.6) is 0 Å². The second kappa shape index (κ2) is 11.3. The van der Waals surface area contributed by atoms with E-state index in [1.807, 2.05) is 31.2 Å². The first kappa shape index (κ1) is 24.9. The van der Waals surface area contributed by atoms with Crippen molar-refractivity contribution in [1.82, 2.24) is 15.6 Å². The number of fused-ring (bicyclic) bond motifs is 1. The highest BCUT2D eigenvalue weighted by molar-refractivity contribution is 5.92. The lowest BCUT2D eigenvalue weighted by Crippen LogP contribution is -2.56. The number of benzene rings is 1. The molecule has 4 atom stereocenters. The second-order valence-corrected chi connectivity index (χ2v) is 7.95. The SMILES string of the molecule is CC[C@H](C)[C@H](NC(=O)[C@H](CCC(N)=O)NC(=O)[C@@H](N)Cc1c[nH]c2ccccc12)C(=O)O. The van der Waals surface area contributed by atoms with E-state index < -0.39 is 41.8 Å².